The molecule has 0 radical (unpaired) electrons. The Kier molecular flexibility index (Phi) is 6.62. The molecule has 2 rings (SSSR count). The number of aryl methyl sites for hydroxylation is 1. The summed E-state index contributed by atoms with van der Waals surface area (Å²) >= 11 is 0. The fraction of sp³-hybridized carbons (Fsp3) is 0.588. The molecule has 134 valence electrons. The zero-order chi connectivity index (χ0) is 17.6. The van der Waals surface area contributed by atoms with E-state index in [2.05, 4.69) is 34.3 Å². The highest BCUT2D eigenvalue weighted by atomic mass is 32.2. The number of hydrogen-bond acceptors (Lipinski definition) is 4. The Hall–Kier alpha value is -1.60. The van der Waals surface area contributed by atoms with Gasteiger partial charge in [-0.2, -0.15) is 0 Å². The lowest BCUT2D eigenvalue weighted by Crippen LogP contribution is -2.48. The van der Waals surface area contributed by atoms with Gasteiger partial charge < -0.3 is 15.0 Å². The number of nitrogens with zero attached hydrogens (tertiary/aromatic N) is 2. The standard InChI is InChI=1S/C17H27N3O3S/c1-14-7-4-5-8-15(14)16-13-20(10-11-23-16)17(18-2)19-9-6-12-24(3,21)22/h4-5,7-8,16H,6,9-13H2,1-3H3,(H,18,19). The van der Waals surface area contributed by atoms with Gasteiger partial charge in [0.25, 0.3) is 0 Å². The van der Waals surface area contributed by atoms with Crippen LogP contribution in [-0.4, -0.2) is 64.6 Å². The summed E-state index contributed by atoms with van der Waals surface area (Å²) in [7, 11) is -1.17. The van der Waals surface area contributed by atoms with Crippen molar-refractivity contribution in [3.05, 3.63) is 35.4 Å². The maximum Gasteiger partial charge on any atom is 0.193 e. The molecule has 1 saturated heterocycles. The van der Waals surface area contributed by atoms with Crippen molar-refractivity contribution in [2.45, 2.75) is 19.4 Å². The van der Waals surface area contributed by atoms with Crippen LogP contribution in [0.25, 0.3) is 0 Å². The molecule has 1 aliphatic heterocycles. The van der Waals surface area contributed by atoms with Gasteiger partial charge in [-0.15, -0.1) is 0 Å². The first-order valence-corrected chi connectivity index (χ1v) is 10.3. The highest BCUT2D eigenvalue weighted by Gasteiger charge is 2.24. The number of ether oxygens (including phenoxy) is 1. The van der Waals surface area contributed by atoms with Crippen LogP contribution in [0.4, 0.5) is 0 Å². The maximum atomic E-state index is 11.2. The lowest BCUT2D eigenvalue weighted by atomic mass is 10.0. The first kappa shape index (κ1) is 18.7. The van der Waals surface area contributed by atoms with Gasteiger partial charge in [0.05, 0.1) is 18.9 Å². The van der Waals surface area contributed by atoms with Gasteiger partial charge >= 0.3 is 0 Å². The smallest absolute Gasteiger partial charge is 0.193 e. The van der Waals surface area contributed by atoms with Crippen LogP contribution in [0.3, 0.4) is 0 Å². The van der Waals surface area contributed by atoms with Crippen LogP contribution in [0.15, 0.2) is 29.3 Å². The first-order chi connectivity index (χ1) is 11.4. The molecule has 1 atom stereocenters. The van der Waals surface area contributed by atoms with Crippen LogP contribution >= 0.6 is 0 Å². The number of sulfone groups is 1. The zero-order valence-electron chi connectivity index (χ0n) is 14.7. The topological polar surface area (TPSA) is 71.0 Å². The molecule has 1 unspecified atom stereocenters. The molecule has 7 heteroatoms. The predicted octanol–water partition coefficient (Wildman–Crippen LogP) is 1.38. The summed E-state index contributed by atoms with van der Waals surface area (Å²) in [6, 6.07) is 8.26. The normalized spacial score (nSPS) is 19.4. The van der Waals surface area contributed by atoms with Gasteiger partial charge in [-0.05, 0) is 24.5 Å². The van der Waals surface area contributed by atoms with Crippen molar-refractivity contribution in [2.24, 2.45) is 4.99 Å². The van der Waals surface area contributed by atoms with Crippen molar-refractivity contribution >= 4 is 15.8 Å². The third-order valence-electron chi connectivity index (χ3n) is 4.09. The molecule has 1 aliphatic rings. The zero-order valence-corrected chi connectivity index (χ0v) is 15.5. The van der Waals surface area contributed by atoms with Crippen LogP contribution in [-0.2, 0) is 14.6 Å². The average molecular weight is 353 g/mol. The summed E-state index contributed by atoms with van der Waals surface area (Å²) in [6.07, 6.45) is 1.86. The molecule has 1 aromatic carbocycles. The quantitative estimate of drug-likeness (QED) is 0.492. The lowest BCUT2D eigenvalue weighted by Gasteiger charge is -2.35. The molecule has 0 bridgehead atoms. The van der Waals surface area contributed by atoms with Gasteiger partial charge in [0, 0.05) is 26.4 Å². The minimum Gasteiger partial charge on any atom is -0.370 e. The van der Waals surface area contributed by atoms with Crippen molar-refractivity contribution < 1.29 is 13.2 Å². The SMILES string of the molecule is CN=C(NCCCS(C)(=O)=O)N1CCOC(c2ccccc2C)C1. The molecule has 1 fully saturated rings. The van der Waals surface area contributed by atoms with E-state index >= 15 is 0 Å². The van der Waals surface area contributed by atoms with Crippen molar-refractivity contribution in [1.82, 2.24) is 10.2 Å². The van der Waals surface area contributed by atoms with Gasteiger partial charge in [0.2, 0.25) is 0 Å². The molecule has 0 aliphatic carbocycles. The Labute approximate surface area is 144 Å². The third-order valence-corrected chi connectivity index (χ3v) is 5.12. The van der Waals surface area contributed by atoms with Crippen molar-refractivity contribution in [2.75, 3.05) is 45.3 Å². The highest BCUT2D eigenvalue weighted by molar-refractivity contribution is 7.90. The second-order valence-corrected chi connectivity index (χ2v) is 8.38. The number of morpholine rings is 1. The van der Waals surface area contributed by atoms with Crippen LogP contribution in [0.1, 0.15) is 23.7 Å². The minimum atomic E-state index is -2.92. The third kappa shape index (κ3) is 5.49. The van der Waals surface area contributed by atoms with E-state index in [1.54, 1.807) is 7.05 Å². The minimum absolute atomic E-state index is 0.0227. The number of aliphatic imine (C=N–C) groups is 1. The monoisotopic (exact) mass is 353 g/mol. The van der Waals surface area contributed by atoms with Gasteiger partial charge in [-0.25, -0.2) is 8.42 Å². The van der Waals surface area contributed by atoms with Gasteiger partial charge in [-0.1, -0.05) is 24.3 Å². The van der Waals surface area contributed by atoms with Crippen molar-refractivity contribution in [1.29, 1.82) is 0 Å². The molecule has 1 N–H and O–H groups in total. The van der Waals surface area contributed by atoms with E-state index in [0.29, 0.717) is 19.6 Å². The van der Waals surface area contributed by atoms with E-state index < -0.39 is 9.84 Å². The van der Waals surface area contributed by atoms with Gasteiger partial charge in [0.15, 0.2) is 5.96 Å². The summed E-state index contributed by atoms with van der Waals surface area (Å²) < 4.78 is 28.3. The summed E-state index contributed by atoms with van der Waals surface area (Å²) in [6.45, 7) is 4.83. The molecular formula is C17H27N3O3S. The Balaban J connectivity index is 1.93. The molecule has 1 aromatic rings. The molecule has 0 aromatic heterocycles. The number of guanidine groups is 1. The number of rotatable bonds is 5. The van der Waals surface area contributed by atoms with Gasteiger partial charge in [-0.3, -0.25) is 4.99 Å². The molecule has 0 spiro atoms. The van der Waals surface area contributed by atoms with E-state index in [-0.39, 0.29) is 11.9 Å². The number of benzene rings is 1. The summed E-state index contributed by atoms with van der Waals surface area (Å²) in [5, 5.41) is 3.25. The Morgan fingerprint density at radius 2 is 2.17 bits per heavy atom. The maximum absolute atomic E-state index is 11.2. The molecule has 0 amide bonds. The average Bonchev–Trinajstić information content (AvgIpc) is 2.54. The fourth-order valence-electron chi connectivity index (χ4n) is 2.84. The number of hydrogen-bond donors (Lipinski definition) is 1. The van der Waals surface area contributed by atoms with Gasteiger partial charge in [0.1, 0.15) is 15.9 Å². The second kappa shape index (κ2) is 8.48. The highest BCUT2D eigenvalue weighted by Crippen LogP contribution is 2.24. The van der Waals surface area contributed by atoms with E-state index in [4.69, 9.17) is 4.74 Å². The van der Waals surface area contributed by atoms with E-state index in [1.807, 2.05) is 12.1 Å². The molecule has 6 nitrogen and oxygen atoms in total. The fourth-order valence-corrected chi connectivity index (χ4v) is 3.51. The molecule has 24 heavy (non-hydrogen) atoms. The lowest BCUT2D eigenvalue weighted by molar-refractivity contribution is -0.00829. The molecule has 0 saturated carbocycles. The Morgan fingerprint density at radius 1 is 1.42 bits per heavy atom. The second-order valence-electron chi connectivity index (χ2n) is 6.12. The Morgan fingerprint density at radius 3 is 2.83 bits per heavy atom. The first-order valence-electron chi connectivity index (χ1n) is 8.21. The van der Waals surface area contributed by atoms with Crippen LogP contribution in [0.2, 0.25) is 0 Å². The van der Waals surface area contributed by atoms with Crippen LogP contribution in [0, 0.1) is 6.92 Å². The summed E-state index contributed by atoms with van der Waals surface area (Å²) in [5.41, 5.74) is 2.43. The van der Waals surface area contributed by atoms with E-state index in [0.717, 1.165) is 19.0 Å². The summed E-state index contributed by atoms with van der Waals surface area (Å²) in [5.74, 6) is 0.983. The Bertz CT molecular complexity index is 673. The molecular weight excluding hydrogens is 326 g/mol. The number of nitrogens with one attached hydrogen (secondary N) is 1. The largest absolute Gasteiger partial charge is 0.370 e. The van der Waals surface area contributed by atoms with E-state index in [9.17, 15) is 8.42 Å². The molecule has 1 heterocycles. The van der Waals surface area contributed by atoms with Crippen molar-refractivity contribution in [3.63, 3.8) is 0 Å². The predicted molar refractivity (Wildman–Crippen MR) is 97.1 cm³/mol. The van der Waals surface area contributed by atoms with Crippen LogP contribution in [0.5, 0.6) is 0 Å². The van der Waals surface area contributed by atoms with E-state index in [1.165, 1.54) is 17.4 Å². The summed E-state index contributed by atoms with van der Waals surface area (Å²) in [4.78, 5) is 6.49. The van der Waals surface area contributed by atoms with Crippen LogP contribution < -0.4 is 5.32 Å². The van der Waals surface area contributed by atoms with Crippen molar-refractivity contribution in [3.8, 4) is 0 Å².